The van der Waals surface area contributed by atoms with Crippen LogP contribution in [0.25, 0.3) is 0 Å². The summed E-state index contributed by atoms with van der Waals surface area (Å²) in [6, 6.07) is -0.306. The lowest BCUT2D eigenvalue weighted by atomic mass is 9.94. The Kier molecular flexibility index (Phi) is 5.27. The van der Waals surface area contributed by atoms with Crippen LogP contribution in [0.4, 0.5) is 0 Å². The number of rotatable bonds is 4. The van der Waals surface area contributed by atoms with Crippen molar-refractivity contribution in [3.63, 3.8) is 0 Å². The third-order valence-electron chi connectivity index (χ3n) is 3.92. The van der Waals surface area contributed by atoms with Gasteiger partial charge in [-0.1, -0.05) is 37.6 Å². The van der Waals surface area contributed by atoms with Crippen molar-refractivity contribution >= 4 is 23.4 Å². The molecule has 116 valence electrons. The van der Waals surface area contributed by atoms with Crippen LogP contribution in [0.2, 0.25) is 0 Å². The van der Waals surface area contributed by atoms with Crippen LogP contribution in [-0.2, 0) is 4.79 Å². The van der Waals surface area contributed by atoms with Crippen LogP contribution < -0.4 is 5.32 Å². The molecular formula is C14H21N3O3S. The Balaban J connectivity index is 2.12. The molecule has 2 rings (SSSR count). The predicted octanol–water partition coefficient (Wildman–Crippen LogP) is 2.42. The number of hydrogen-bond acceptors (Lipinski definition) is 5. The molecule has 0 saturated heterocycles. The molecule has 1 fully saturated rings. The van der Waals surface area contributed by atoms with Crippen molar-refractivity contribution in [2.24, 2.45) is 5.92 Å². The van der Waals surface area contributed by atoms with Gasteiger partial charge in [-0.15, -0.1) is 5.10 Å². The lowest BCUT2D eigenvalue weighted by molar-refractivity contribution is -0.142. The molecule has 1 amide bonds. The largest absolute Gasteiger partial charge is 0.481 e. The summed E-state index contributed by atoms with van der Waals surface area (Å²) in [6.07, 6.45) is 4.22. The molecule has 1 saturated carbocycles. The Hall–Kier alpha value is -1.50. The van der Waals surface area contributed by atoms with Gasteiger partial charge in [0, 0.05) is 6.04 Å². The van der Waals surface area contributed by atoms with Gasteiger partial charge in [0.2, 0.25) is 0 Å². The van der Waals surface area contributed by atoms with Crippen LogP contribution in [0, 0.1) is 5.92 Å². The quantitative estimate of drug-likeness (QED) is 0.833. The molecule has 1 heterocycles. The number of amides is 1. The van der Waals surface area contributed by atoms with E-state index in [9.17, 15) is 14.7 Å². The minimum absolute atomic E-state index is 0.119. The summed E-state index contributed by atoms with van der Waals surface area (Å²) in [5.74, 6) is -1.45. The van der Waals surface area contributed by atoms with Gasteiger partial charge in [-0.25, -0.2) is 0 Å². The highest BCUT2D eigenvalue weighted by atomic mass is 32.1. The number of aromatic nitrogens is 2. The van der Waals surface area contributed by atoms with E-state index in [0.717, 1.165) is 30.8 Å². The van der Waals surface area contributed by atoms with E-state index in [2.05, 4.69) is 14.9 Å². The summed E-state index contributed by atoms with van der Waals surface area (Å²) in [5, 5.41) is 16.2. The molecule has 6 nitrogen and oxygen atoms in total. The Morgan fingerprint density at radius 1 is 1.29 bits per heavy atom. The van der Waals surface area contributed by atoms with Gasteiger partial charge < -0.3 is 10.4 Å². The van der Waals surface area contributed by atoms with Gasteiger partial charge in [-0.2, -0.15) is 0 Å². The number of carboxylic acid groups (broad SMARTS) is 1. The highest BCUT2D eigenvalue weighted by Crippen LogP contribution is 2.25. The van der Waals surface area contributed by atoms with Crippen LogP contribution in [-0.4, -0.2) is 32.6 Å². The van der Waals surface area contributed by atoms with Crippen molar-refractivity contribution in [1.82, 2.24) is 14.9 Å². The molecule has 0 radical (unpaired) electrons. The first-order valence-electron chi connectivity index (χ1n) is 7.36. The van der Waals surface area contributed by atoms with Gasteiger partial charge in [-0.3, -0.25) is 9.59 Å². The highest BCUT2D eigenvalue weighted by molar-refractivity contribution is 7.08. The number of carbonyl (C=O) groups is 2. The molecule has 1 aromatic heterocycles. The van der Waals surface area contributed by atoms with Crippen molar-refractivity contribution in [1.29, 1.82) is 0 Å². The first kappa shape index (κ1) is 15.9. The fourth-order valence-corrected chi connectivity index (χ4v) is 3.47. The van der Waals surface area contributed by atoms with Crippen LogP contribution in [0.1, 0.15) is 67.2 Å². The van der Waals surface area contributed by atoms with E-state index in [4.69, 9.17) is 0 Å². The van der Waals surface area contributed by atoms with E-state index < -0.39 is 11.9 Å². The summed E-state index contributed by atoms with van der Waals surface area (Å²) in [6.45, 7) is 3.92. The van der Waals surface area contributed by atoms with E-state index in [-0.39, 0.29) is 17.9 Å². The second-order valence-corrected chi connectivity index (χ2v) is 6.56. The zero-order valence-corrected chi connectivity index (χ0v) is 13.2. The molecule has 1 aromatic rings. The zero-order valence-electron chi connectivity index (χ0n) is 12.3. The maximum atomic E-state index is 12.4. The number of carboxylic acids is 1. The summed E-state index contributed by atoms with van der Waals surface area (Å²) < 4.78 is 3.84. The SMILES string of the molecule is CC(C)c1nnsc1C(=O)NC1CCCCCC1C(=O)O. The van der Waals surface area contributed by atoms with E-state index in [0.29, 0.717) is 23.4 Å². The minimum Gasteiger partial charge on any atom is -0.481 e. The number of aliphatic carboxylic acids is 1. The van der Waals surface area contributed by atoms with Gasteiger partial charge in [-0.05, 0) is 30.3 Å². The molecule has 2 N–H and O–H groups in total. The monoisotopic (exact) mass is 311 g/mol. The molecule has 1 aliphatic rings. The maximum absolute atomic E-state index is 12.4. The summed E-state index contributed by atoms with van der Waals surface area (Å²) in [4.78, 5) is 24.3. The first-order chi connectivity index (χ1) is 10.0. The van der Waals surface area contributed by atoms with Crippen molar-refractivity contribution in [3.05, 3.63) is 10.6 Å². The molecule has 7 heteroatoms. The van der Waals surface area contributed by atoms with Crippen molar-refractivity contribution in [2.45, 2.75) is 57.9 Å². The van der Waals surface area contributed by atoms with Crippen molar-refractivity contribution in [3.8, 4) is 0 Å². The predicted molar refractivity (Wildman–Crippen MR) is 79.5 cm³/mol. The summed E-state index contributed by atoms with van der Waals surface area (Å²) in [7, 11) is 0. The van der Waals surface area contributed by atoms with Crippen LogP contribution >= 0.6 is 11.5 Å². The summed E-state index contributed by atoms with van der Waals surface area (Å²) >= 11 is 1.07. The number of nitrogens with zero attached hydrogens (tertiary/aromatic N) is 2. The first-order valence-corrected chi connectivity index (χ1v) is 8.14. The molecule has 2 atom stereocenters. The molecule has 0 spiro atoms. The average molecular weight is 311 g/mol. The normalized spacial score (nSPS) is 22.8. The smallest absolute Gasteiger partial charge is 0.308 e. The highest BCUT2D eigenvalue weighted by Gasteiger charge is 2.32. The fraction of sp³-hybridized carbons (Fsp3) is 0.714. The molecule has 1 aliphatic carbocycles. The lowest BCUT2D eigenvalue weighted by Crippen LogP contribution is -2.42. The van der Waals surface area contributed by atoms with Crippen molar-refractivity contribution in [2.75, 3.05) is 0 Å². The zero-order chi connectivity index (χ0) is 15.4. The minimum atomic E-state index is -0.825. The topological polar surface area (TPSA) is 92.2 Å². The van der Waals surface area contributed by atoms with E-state index >= 15 is 0 Å². The fourth-order valence-electron chi connectivity index (χ4n) is 2.74. The summed E-state index contributed by atoms with van der Waals surface area (Å²) in [5.41, 5.74) is 0.679. The van der Waals surface area contributed by atoms with Gasteiger partial charge in [0.05, 0.1) is 11.6 Å². The molecule has 2 unspecified atom stereocenters. The standard InChI is InChI=1S/C14H21N3O3S/c1-8(2)11-12(21-17-16-11)13(18)15-10-7-5-3-4-6-9(10)14(19)20/h8-10H,3-7H2,1-2H3,(H,15,18)(H,19,20). The van der Waals surface area contributed by atoms with Gasteiger partial charge in [0.1, 0.15) is 4.88 Å². The molecule has 0 bridgehead atoms. The molecule has 0 aliphatic heterocycles. The van der Waals surface area contributed by atoms with Crippen LogP contribution in [0.5, 0.6) is 0 Å². The van der Waals surface area contributed by atoms with E-state index in [1.165, 1.54) is 0 Å². The van der Waals surface area contributed by atoms with Crippen molar-refractivity contribution < 1.29 is 14.7 Å². The van der Waals surface area contributed by atoms with E-state index in [1.807, 2.05) is 13.8 Å². The molecule has 21 heavy (non-hydrogen) atoms. The Bertz CT molecular complexity index is 515. The maximum Gasteiger partial charge on any atom is 0.308 e. The Morgan fingerprint density at radius 3 is 2.67 bits per heavy atom. The third kappa shape index (κ3) is 3.78. The number of carbonyl (C=O) groups excluding carboxylic acids is 1. The second kappa shape index (κ2) is 6.98. The average Bonchev–Trinajstić information content (AvgIpc) is 2.80. The molecule has 0 aromatic carbocycles. The van der Waals surface area contributed by atoms with Crippen LogP contribution in [0.15, 0.2) is 0 Å². The van der Waals surface area contributed by atoms with E-state index in [1.54, 1.807) is 0 Å². The van der Waals surface area contributed by atoms with Gasteiger partial charge in [0.25, 0.3) is 5.91 Å². The van der Waals surface area contributed by atoms with Gasteiger partial charge in [0.15, 0.2) is 0 Å². The Labute approximate surface area is 128 Å². The van der Waals surface area contributed by atoms with Crippen LogP contribution in [0.3, 0.4) is 0 Å². The second-order valence-electron chi connectivity index (χ2n) is 5.80. The Morgan fingerprint density at radius 2 is 2.00 bits per heavy atom. The number of hydrogen-bond donors (Lipinski definition) is 2. The number of nitrogens with one attached hydrogen (secondary N) is 1. The molecular weight excluding hydrogens is 290 g/mol. The lowest BCUT2D eigenvalue weighted by Gasteiger charge is -2.22. The van der Waals surface area contributed by atoms with Gasteiger partial charge >= 0.3 is 5.97 Å². The third-order valence-corrected chi connectivity index (χ3v) is 4.66.